The van der Waals surface area contributed by atoms with Gasteiger partial charge in [-0.25, -0.2) is 0 Å². The summed E-state index contributed by atoms with van der Waals surface area (Å²) in [5.74, 6) is 0.595. The average Bonchev–Trinajstić information content (AvgIpc) is 3.06. The number of carbonyl (C=O) groups excluding carboxylic acids is 1. The Hall–Kier alpha value is -2.56. The lowest BCUT2D eigenvalue weighted by molar-refractivity contribution is -0.903. The minimum Gasteiger partial charge on any atom is -0.490 e. The van der Waals surface area contributed by atoms with Crippen LogP contribution < -0.4 is 9.64 Å². The minimum absolute atomic E-state index is 0.179. The number of nitrogens with one attached hydrogen (secondary N) is 1. The lowest BCUT2D eigenvalue weighted by Crippen LogP contribution is -3.14. The number of aliphatic imine (C=N–C) groups is 1. The number of nitrogens with zero attached hydrogens (tertiary/aromatic N) is 3. The maximum absolute atomic E-state index is 12.3. The molecule has 2 aliphatic heterocycles. The van der Waals surface area contributed by atoms with Crippen molar-refractivity contribution >= 4 is 28.9 Å². The highest BCUT2D eigenvalue weighted by Crippen LogP contribution is 2.30. The number of rotatable bonds is 6. The number of piperazine rings is 1. The van der Waals surface area contributed by atoms with Crippen LogP contribution in [-0.4, -0.2) is 55.3 Å². The fourth-order valence-electron chi connectivity index (χ4n) is 3.00. The largest absolute Gasteiger partial charge is 0.490 e. The third kappa shape index (κ3) is 5.22. The van der Waals surface area contributed by atoms with E-state index >= 15 is 0 Å². The summed E-state index contributed by atoms with van der Waals surface area (Å²) in [7, 11) is 0. The summed E-state index contributed by atoms with van der Waals surface area (Å²) in [4.78, 5) is 20.8. The number of benzene rings is 1. The van der Waals surface area contributed by atoms with Gasteiger partial charge in [-0.15, -0.1) is 0 Å². The monoisotopic (exact) mass is 383 g/mol. The first-order chi connectivity index (χ1) is 13.2. The molecule has 0 saturated carbocycles. The summed E-state index contributed by atoms with van der Waals surface area (Å²) in [5.41, 5.74) is 0.944. The van der Waals surface area contributed by atoms with Gasteiger partial charge < -0.3 is 14.5 Å². The second-order valence-corrected chi connectivity index (χ2v) is 7.38. The topological polar surface area (TPSA) is 70.1 Å². The van der Waals surface area contributed by atoms with Gasteiger partial charge in [-0.3, -0.25) is 4.79 Å². The van der Waals surface area contributed by atoms with Gasteiger partial charge in [0.05, 0.1) is 50.1 Å². The smallest absolute Gasteiger partial charge is 0.286 e. The Labute approximate surface area is 163 Å². The van der Waals surface area contributed by atoms with E-state index in [4.69, 9.17) is 10.00 Å². The van der Waals surface area contributed by atoms with Crippen molar-refractivity contribution in [1.82, 2.24) is 4.90 Å². The SMILES string of the molecule is C=CCOc1ccc(/C=C2\SC(N3CC[NH+](CCC#N)CC3)=NC2=O)cc1. The molecule has 1 amide bonds. The zero-order chi connectivity index (χ0) is 19.1. The number of amidine groups is 1. The number of ether oxygens (including phenoxy) is 1. The molecule has 0 aliphatic carbocycles. The summed E-state index contributed by atoms with van der Waals surface area (Å²) in [6.07, 6.45) is 4.16. The van der Waals surface area contributed by atoms with Crippen LogP contribution in [0.25, 0.3) is 6.08 Å². The highest BCUT2D eigenvalue weighted by Gasteiger charge is 2.29. The first kappa shape index (κ1) is 19.2. The van der Waals surface area contributed by atoms with E-state index in [9.17, 15) is 4.79 Å². The van der Waals surface area contributed by atoms with E-state index in [1.807, 2.05) is 30.3 Å². The fraction of sp³-hybridized carbons (Fsp3) is 0.350. The molecule has 0 bridgehead atoms. The van der Waals surface area contributed by atoms with Gasteiger partial charge in [0.25, 0.3) is 5.91 Å². The molecule has 6 nitrogen and oxygen atoms in total. The molecule has 3 rings (SSSR count). The van der Waals surface area contributed by atoms with Gasteiger partial charge in [0.15, 0.2) is 5.17 Å². The molecule has 27 heavy (non-hydrogen) atoms. The van der Waals surface area contributed by atoms with Gasteiger partial charge in [-0.05, 0) is 35.5 Å². The maximum Gasteiger partial charge on any atom is 0.286 e. The average molecular weight is 383 g/mol. The molecule has 0 spiro atoms. The van der Waals surface area contributed by atoms with Gasteiger partial charge >= 0.3 is 0 Å². The molecule has 7 heteroatoms. The van der Waals surface area contributed by atoms with E-state index in [1.165, 1.54) is 16.7 Å². The van der Waals surface area contributed by atoms with Crippen LogP contribution in [0.2, 0.25) is 0 Å². The lowest BCUT2D eigenvalue weighted by atomic mass is 10.2. The van der Waals surface area contributed by atoms with Crippen LogP contribution in [0.15, 0.2) is 46.8 Å². The second-order valence-electron chi connectivity index (χ2n) is 6.37. The minimum atomic E-state index is -0.179. The molecule has 1 aromatic carbocycles. The molecule has 1 N–H and O–H groups in total. The van der Waals surface area contributed by atoms with Crippen molar-refractivity contribution in [2.24, 2.45) is 4.99 Å². The second kappa shape index (κ2) is 9.40. The molecule has 0 unspecified atom stereocenters. The summed E-state index contributed by atoms with van der Waals surface area (Å²) in [5, 5.41) is 9.49. The Morgan fingerprint density at radius 1 is 1.33 bits per heavy atom. The molecule has 2 heterocycles. The zero-order valence-corrected chi connectivity index (χ0v) is 16.0. The first-order valence-corrected chi connectivity index (χ1v) is 9.83. The van der Waals surface area contributed by atoms with Gasteiger partial charge in [0, 0.05) is 0 Å². The Morgan fingerprint density at radius 3 is 2.74 bits per heavy atom. The predicted molar refractivity (Wildman–Crippen MR) is 108 cm³/mol. The van der Waals surface area contributed by atoms with Crippen molar-refractivity contribution in [3.63, 3.8) is 0 Å². The van der Waals surface area contributed by atoms with Crippen molar-refractivity contribution in [1.29, 1.82) is 5.26 Å². The highest BCUT2D eigenvalue weighted by atomic mass is 32.2. The van der Waals surface area contributed by atoms with Crippen LogP contribution in [0.4, 0.5) is 0 Å². The summed E-state index contributed by atoms with van der Waals surface area (Å²) >= 11 is 1.44. The molecule has 140 valence electrons. The summed E-state index contributed by atoms with van der Waals surface area (Å²) < 4.78 is 5.47. The number of thioether (sulfide) groups is 1. The molecular formula is C20H23N4O2S+. The highest BCUT2D eigenvalue weighted by molar-refractivity contribution is 8.18. The Bertz CT molecular complexity index is 787. The van der Waals surface area contributed by atoms with Crippen LogP contribution in [0.5, 0.6) is 5.75 Å². The molecule has 0 atom stereocenters. The number of amides is 1. The van der Waals surface area contributed by atoms with Gasteiger partial charge in [-0.2, -0.15) is 10.3 Å². The standard InChI is InChI=1S/C20H22N4O2S/c1-2-14-26-17-6-4-16(5-7-17)15-18-19(25)22-20(27-18)24-12-10-23(11-13-24)9-3-8-21/h2,4-7,15H,1,3,9-14H2/p+1/b18-15-. The van der Waals surface area contributed by atoms with Crippen molar-refractivity contribution < 1.29 is 14.4 Å². The van der Waals surface area contributed by atoms with Crippen LogP contribution in [0.1, 0.15) is 12.0 Å². The fourth-order valence-corrected chi connectivity index (χ4v) is 3.96. The quantitative estimate of drug-likeness (QED) is 0.593. The van der Waals surface area contributed by atoms with Crippen LogP contribution >= 0.6 is 11.8 Å². The Balaban J connectivity index is 1.57. The number of carbonyl (C=O) groups is 1. The lowest BCUT2D eigenvalue weighted by Gasteiger charge is -2.32. The molecule has 1 saturated heterocycles. The molecule has 0 aromatic heterocycles. The molecule has 2 aliphatic rings. The van der Waals surface area contributed by atoms with E-state index in [2.05, 4.69) is 22.5 Å². The molecule has 1 fully saturated rings. The van der Waals surface area contributed by atoms with E-state index in [0.717, 1.165) is 49.2 Å². The van der Waals surface area contributed by atoms with Crippen LogP contribution in [0, 0.1) is 11.3 Å². The Kier molecular flexibility index (Phi) is 6.69. The van der Waals surface area contributed by atoms with Crippen molar-refractivity contribution in [3.05, 3.63) is 47.4 Å². The number of hydrogen-bond acceptors (Lipinski definition) is 5. The van der Waals surface area contributed by atoms with E-state index in [1.54, 1.807) is 6.08 Å². The maximum atomic E-state index is 12.3. The molecule has 0 radical (unpaired) electrons. The first-order valence-electron chi connectivity index (χ1n) is 9.01. The molecular weight excluding hydrogens is 360 g/mol. The van der Waals surface area contributed by atoms with Gasteiger partial charge in [-0.1, -0.05) is 24.8 Å². The van der Waals surface area contributed by atoms with Gasteiger partial charge in [0.1, 0.15) is 12.4 Å². The predicted octanol–water partition coefficient (Wildman–Crippen LogP) is 1.34. The van der Waals surface area contributed by atoms with E-state index in [-0.39, 0.29) is 5.91 Å². The number of hydrogen-bond donors (Lipinski definition) is 1. The summed E-state index contributed by atoms with van der Waals surface area (Å²) in [6.45, 7) is 8.66. The summed E-state index contributed by atoms with van der Waals surface area (Å²) in [6, 6.07) is 9.81. The Morgan fingerprint density at radius 2 is 2.07 bits per heavy atom. The zero-order valence-electron chi connectivity index (χ0n) is 15.2. The third-order valence-corrected chi connectivity index (χ3v) is 5.53. The van der Waals surface area contributed by atoms with Crippen molar-refractivity contribution in [3.8, 4) is 11.8 Å². The van der Waals surface area contributed by atoms with E-state index < -0.39 is 0 Å². The molecule has 1 aromatic rings. The van der Waals surface area contributed by atoms with Gasteiger partial charge in [0.2, 0.25) is 0 Å². The van der Waals surface area contributed by atoms with E-state index in [0.29, 0.717) is 17.9 Å². The third-order valence-electron chi connectivity index (χ3n) is 4.49. The normalized spacial score (nSPS) is 19.1. The number of nitriles is 1. The van der Waals surface area contributed by atoms with Crippen LogP contribution in [0.3, 0.4) is 0 Å². The van der Waals surface area contributed by atoms with Crippen molar-refractivity contribution in [2.75, 3.05) is 39.3 Å². The van der Waals surface area contributed by atoms with Crippen molar-refractivity contribution in [2.45, 2.75) is 6.42 Å². The number of quaternary nitrogens is 1. The van der Waals surface area contributed by atoms with Crippen LogP contribution in [-0.2, 0) is 4.79 Å².